The largest absolute Gasteiger partial charge is 0.210 e. The van der Waals surface area contributed by atoms with Crippen molar-refractivity contribution in [3.63, 3.8) is 0 Å². The lowest BCUT2D eigenvalue weighted by Gasteiger charge is -2.09. The lowest BCUT2D eigenvalue weighted by atomic mass is 10.0. The van der Waals surface area contributed by atoms with Gasteiger partial charge in [-0.25, -0.2) is 5.53 Å². The highest BCUT2D eigenvalue weighted by atomic mass is 15.0. The van der Waals surface area contributed by atoms with Gasteiger partial charge in [0.05, 0.1) is 6.04 Å². The van der Waals surface area contributed by atoms with Crippen LogP contribution in [0.25, 0.3) is 0 Å². The van der Waals surface area contributed by atoms with Gasteiger partial charge < -0.3 is 0 Å². The van der Waals surface area contributed by atoms with E-state index < -0.39 is 0 Å². The predicted octanol–water partition coefficient (Wildman–Crippen LogP) is 5.08. The first-order valence-corrected chi connectivity index (χ1v) is 6.80. The van der Waals surface area contributed by atoms with E-state index in [1.807, 2.05) is 0 Å². The smallest absolute Gasteiger partial charge is 0.0705 e. The van der Waals surface area contributed by atoms with E-state index in [0.717, 1.165) is 12.8 Å². The molecule has 0 aromatic rings. The summed E-state index contributed by atoms with van der Waals surface area (Å²) in [4.78, 5) is 0. The summed E-state index contributed by atoms with van der Waals surface area (Å²) in [5.74, 6) is 0. The fourth-order valence-corrected chi connectivity index (χ4v) is 2.45. The fraction of sp³-hybridized carbons (Fsp3) is 1.00. The first-order valence-electron chi connectivity index (χ1n) is 6.80. The second-order valence-corrected chi connectivity index (χ2v) is 4.90. The van der Waals surface area contributed by atoms with E-state index in [0.29, 0.717) is 6.04 Å². The summed E-state index contributed by atoms with van der Waals surface area (Å²) in [5.41, 5.74) is 7.16. The summed E-state index contributed by atoms with van der Waals surface area (Å²) in [6.45, 7) is 0. The molecule has 1 aliphatic carbocycles. The van der Waals surface area contributed by atoms with Crippen LogP contribution in [-0.4, -0.2) is 6.04 Å². The van der Waals surface area contributed by atoms with Crippen molar-refractivity contribution in [2.45, 2.75) is 83.1 Å². The van der Waals surface area contributed by atoms with Gasteiger partial charge in [0.2, 0.25) is 0 Å². The van der Waals surface area contributed by atoms with Crippen LogP contribution in [0.5, 0.6) is 0 Å². The Labute approximate surface area is 94.3 Å². The minimum Gasteiger partial charge on any atom is -0.210 e. The molecule has 2 heteroatoms. The van der Waals surface area contributed by atoms with Gasteiger partial charge in [-0.05, 0) is 12.8 Å². The zero-order chi connectivity index (χ0) is 10.8. The standard InChI is InChI=1S/C13H26N2/c14-15-13-11-9-7-5-3-1-2-4-6-8-10-12-13/h13-14H,1-12H2. The van der Waals surface area contributed by atoms with Gasteiger partial charge in [0, 0.05) is 0 Å². The van der Waals surface area contributed by atoms with Crippen molar-refractivity contribution in [2.75, 3.05) is 0 Å². The molecule has 0 saturated heterocycles. The molecule has 1 fully saturated rings. The molecule has 0 amide bonds. The van der Waals surface area contributed by atoms with Crippen molar-refractivity contribution in [1.82, 2.24) is 0 Å². The van der Waals surface area contributed by atoms with Gasteiger partial charge >= 0.3 is 0 Å². The van der Waals surface area contributed by atoms with E-state index in [1.54, 1.807) is 0 Å². The van der Waals surface area contributed by atoms with Crippen molar-refractivity contribution in [2.24, 2.45) is 5.11 Å². The maximum Gasteiger partial charge on any atom is 0.0705 e. The highest BCUT2D eigenvalue weighted by Crippen LogP contribution is 2.18. The molecule has 2 nitrogen and oxygen atoms in total. The van der Waals surface area contributed by atoms with Crippen LogP contribution in [0.4, 0.5) is 0 Å². The van der Waals surface area contributed by atoms with Crippen molar-refractivity contribution >= 4 is 0 Å². The molecular formula is C13H26N2. The maximum atomic E-state index is 7.16. The fourth-order valence-electron chi connectivity index (χ4n) is 2.45. The molecule has 0 aromatic heterocycles. The molecule has 0 heterocycles. The van der Waals surface area contributed by atoms with Crippen LogP contribution in [0.3, 0.4) is 0 Å². The van der Waals surface area contributed by atoms with Crippen LogP contribution in [0.15, 0.2) is 5.11 Å². The number of nitrogens with one attached hydrogen (secondary N) is 1. The zero-order valence-corrected chi connectivity index (χ0v) is 10.0. The Morgan fingerprint density at radius 3 is 1.27 bits per heavy atom. The van der Waals surface area contributed by atoms with E-state index in [9.17, 15) is 0 Å². The molecule has 1 saturated carbocycles. The van der Waals surface area contributed by atoms with E-state index >= 15 is 0 Å². The molecule has 0 aromatic carbocycles. The molecule has 0 radical (unpaired) electrons. The summed E-state index contributed by atoms with van der Waals surface area (Å²) in [6.07, 6.45) is 16.1. The molecule has 0 atom stereocenters. The quantitative estimate of drug-likeness (QED) is 0.586. The molecule has 0 spiro atoms. The Kier molecular flexibility index (Phi) is 7.49. The average molecular weight is 210 g/mol. The topological polar surface area (TPSA) is 36.2 Å². The van der Waals surface area contributed by atoms with Gasteiger partial charge in [-0.1, -0.05) is 64.2 Å². The normalized spacial score (nSPS) is 23.5. The van der Waals surface area contributed by atoms with Crippen LogP contribution < -0.4 is 0 Å². The van der Waals surface area contributed by atoms with Gasteiger partial charge in [-0.15, -0.1) is 0 Å². The molecule has 0 unspecified atom stereocenters. The Bertz CT molecular complexity index is 143. The van der Waals surface area contributed by atoms with Gasteiger partial charge in [0.25, 0.3) is 0 Å². The Morgan fingerprint density at radius 1 is 0.600 bits per heavy atom. The molecule has 0 bridgehead atoms. The number of nitrogens with zero attached hydrogens (tertiary/aromatic N) is 1. The third kappa shape index (κ3) is 6.64. The van der Waals surface area contributed by atoms with Gasteiger partial charge in [0.15, 0.2) is 0 Å². The minimum absolute atomic E-state index is 0.339. The molecule has 0 aliphatic heterocycles. The van der Waals surface area contributed by atoms with Gasteiger partial charge in [-0.3, -0.25) is 0 Å². The third-order valence-corrected chi connectivity index (χ3v) is 3.51. The third-order valence-electron chi connectivity index (χ3n) is 3.51. The van der Waals surface area contributed by atoms with Crippen LogP contribution in [-0.2, 0) is 0 Å². The Morgan fingerprint density at radius 2 is 0.933 bits per heavy atom. The van der Waals surface area contributed by atoms with E-state index in [4.69, 9.17) is 5.53 Å². The lowest BCUT2D eigenvalue weighted by molar-refractivity contribution is 0.478. The molecule has 15 heavy (non-hydrogen) atoms. The van der Waals surface area contributed by atoms with Crippen molar-refractivity contribution in [1.29, 1.82) is 5.53 Å². The summed E-state index contributed by atoms with van der Waals surface area (Å²) in [6, 6.07) is 0.339. The number of hydrogen-bond donors (Lipinski definition) is 1. The van der Waals surface area contributed by atoms with Gasteiger partial charge in [-0.2, -0.15) is 5.11 Å². The number of hydrogen-bond acceptors (Lipinski definition) is 2. The van der Waals surface area contributed by atoms with Crippen molar-refractivity contribution in [3.05, 3.63) is 0 Å². The van der Waals surface area contributed by atoms with Crippen LogP contribution in [0.1, 0.15) is 77.0 Å². The summed E-state index contributed by atoms with van der Waals surface area (Å²) in [7, 11) is 0. The van der Waals surface area contributed by atoms with Crippen LogP contribution >= 0.6 is 0 Å². The Balaban J connectivity index is 2.20. The average Bonchev–Trinajstić information content (AvgIpc) is 2.29. The highest BCUT2D eigenvalue weighted by Gasteiger charge is 2.06. The second-order valence-electron chi connectivity index (χ2n) is 4.90. The summed E-state index contributed by atoms with van der Waals surface area (Å²) < 4.78 is 0. The van der Waals surface area contributed by atoms with Crippen molar-refractivity contribution in [3.8, 4) is 0 Å². The first kappa shape index (κ1) is 12.7. The number of rotatable bonds is 1. The first-order chi connectivity index (χ1) is 7.43. The lowest BCUT2D eigenvalue weighted by Crippen LogP contribution is -2.03. The molecule has 1 rings (SSSR count). The predicted molar refractivity (Wildman–Crippen MR) is 64.3 cm³/mol. The Hall–Kier alpha value is -0.400. The van der Waals surface area contributed by atoms with E-state index in [-0.39, 0.29) is 0 Å². The molecule has 88 valence electrons. The molecule has 1 aliphatic rings. The summed E-state index contributed by atoms with van der Waals surface area (Å²) >= 11 is 0. The van der Waals surface area contributed by atoms with E-state index in [2.05, 4.69) is 5.11 Å². The monoisotopic (exact) mass is 210 g/mol. The second kappa shape index (κ2) is 8.87. The van der Waals surface area contributed by atoms with E-state index in [1.165, 1.54) is 64.2 Å². The maximum absolute atomic E-state index is 7.16. The minimum atomic E-state index is 0.339. The van der Waals surface area contributed by atoms with Gasteiger partial charge in [0.1, 0.15) is 0 Å². The SMILES string of the molecule is N=NC1CCCCCCCCCCCC1. The van der Waals surface area contributed by atoms with Crippen LogP contribution in [0, 0.1) is 5.53 Å². The summed E-state index contributed by atoms with van der Waals surface area (Å²) in [5, 5.41) is 3.75. The van der Waals surface area contributed by atoms with Crippen LogP contribution in [0.2, 0.25) is 0 Å². The van der Waals surface area contributed by atoms with Crippen molar-refractivity contribution < 1.29 is 0 Å². The zero-order valence-electron chi connectivity index (χ0n) is 10.0. The molecule has 1 N–H and O–H groups in total. The molecular weight excluding hydrogens is 184 g/mol. The highest BCUT2D eigenvalue weighted by molar-refractivity contribution is 4.64.